The summed E-state index contributed by atoms with van der Waals surface area (Å²) in [6.07, 6.45) is 2.34. The summed E-state index contributed by atoms with van der Waals surface area (Å²) in [6, 6.07) is 5.08. The second-order valence-electron chi connectivity index (χ2n) is 2.66. The minimum absolute atomic E-state index is 0.401. The van der Waals surface area contributed by atoms with E-state index < -0.39 is 0 Å². The number of aromatic nitrogens is 2. The highest BCUT2D eigenvalue weighted by Crippen LogP contribution is 2.12. The number of nitrogen functional groups attached to an aromatic ring is 1. The Labute approximate surface area is 74.4 Å². The molecule has 0 atom stereocenters. The molecule has 64 valence electrons. The Morgan fingerprint density at radius 2 is 2.23 bits per heavy atom. The Morgan fingerprint density at radius 3 is 3.00 bits per heavy atom. The minimum Gasteiger partial charge on any atom is -0.384 e. The van der Waals surface area contributed by atoms with Crippen molar-refractivity contribution in [2.75, 3.05) is 5.73 Å². The highest BCUT2D eigenvalue weighted by molar-refractivity contribution is 5.84. The number of nitrogens with zero attached hydrogens (tertiary/aromatic N) is 2. The first-order chi connectivity index (χ1) is 6.29. The van der Waals surface area contributed by atoms with Crippen LogP contribution in [0.25, 0.3) is 10.9 Å². The van der Waals surface area contributed by atoms with Crippen LogP contribution in [0.3, 0.4) is 0 Å². The van der Waals surface area contributed by atoms with Crippen molar-refractivity contribution in [2.24, 2.45) is 0 Å². The van der Waals surface area contributed by atoms with Gasteiger partial charge in [0.1, 0.15) is 11.5 Å². The molecule has 0 amide bonds. The first-order valence-corrected chi connectivity index (χ1v) is 3.77. The van der Waals surface area contributed by atoms with E-state index in [0.717, 1.165) is 5.39 Å². The van der Waals surface area contributed by atoms with Gasteiger partial charge < -0.3 is 5.73 Å². The molecular weight excluding hydrogens is 166 g/mol. The van der Waals surface area contributed by atoms with Gasteiger partial charge in [0.05, 0.1) is 5.52 Å². The quantitative estimate of drug-likeness (QED) is 0.654. The monoisotopic (exact) mass is 173 g/mol. The Hall–Kier alpha value is -1.97. The van der Waals surface area contributed by atoms with Gasteiger partial charge in [0.25, 0.3) is 0 Å². The molecule has 0 aliphatic carbocycles. The summed E-state index contributed by atoms with van der Waals surface area (Å²) in [4.78, 5) is 18.4. The highest BCUT2D eigenvalue weighted by atomic mass is 16.1. The van der Waals surface area contributed by atoms with Gasteiger partial charge in [-0.2, -0.15) is 0 Å². The molecule has 4 heteroatoms. The van der Waals surface area contributed by atoms with Crippen LogP contribution in [0.15, 0.2) is 24.4 Å². The van der Waals surface area contributed by atoms with Crippen molar-refractivity contribution in [3.63, 3.8) is 0 Å². The maximum Gasteiger partial charge on any atom is 0.168 e. The molecule has 0 radical (unpaired) electrons. The Balaban J connectivity index is 2.74. The molecule has 2 aromatic rings. The van der Waals surface area contributed by atoms with Crippen LogP contribution in [0, 0.1) is 0 Å². The number of pyridine rings is 2. The van der Waals surface area contributed by atoms with Gasteiger partial charge in [-0.25, -0.2) is 9.97 Å². The number of carbonyl (C=O) groups excluding carboxylic acids is 1. The first-order valence-electron chi connectivity index (χ1n) is 3.77. The molecule has 0 bridgehead atoms. The maximum atomic E-state index is 10.4. The summed E-state index contributed by atoms with van der Waals surface area (Å²) in [7, 11) is 0. The van der Waals surface area contributed by atoms with Crippen LogP contribution in [0.4, 0.5) is 5.82 Å². The van der Waals surface area contributed by atoms with E-state index in [0.29, 0.717) is 23.3 Å². The van der Waals surface area contributed by atoms with Gasteiger partial charge in [0.2, 0.25) is 0 Å². The number of aldehydes is 1. The normalized spacial score (nSPS) is 10.2. The van der Waals surface area contributed by atoms with Crippen molar-refractivity contribution < 1.29 is 4.79 Å². The largest absolute Gasteiger partial charge is 0.384 e. The number of rotatable bonds is 1. The number of hydrogen-bond donors (Lipinski definition) is 1. The number of hydrogen-bond acceptors (Lipinski definition) is 4. The van der Waals surface area contributed by atoms with Gasteiger partial charge in [-0.15, -0.1) is 0 Å². The smallest absolute Gasteiger partial charge is 0.168 e. The number of fused-ring (bicyclic) bond motifs is 1. The highest BCUT2D eigenvalue weighted by Gasteiger charge is 1.97. The molecule has 2 N–H and O–H groups in total. The summed E-state index contributed by atoms with van der Waals surface area (Å²) >= 11 is 0. The number of carbonyl (C=O) groups is 1. The van der Waals surface area contributed by atoms with Gasteiger partial charge in [-0.05, 0) is 12.1 Å². The van der Waals surface area contributed by atoms with E-state index in [4.69, 9.17) is 5.73 Å². The van der Waals surface area contributed by atoms with Gasteiger partial charge in [-0.3, -0.25) is 4.79 Å². The van der Waals surface area contributed by atoms with Crippen molar-refractivity contribution in [1.29, 1.82) is 0 Å². The Kier molecular flexibility index (Phi) is 1.66. The fourth-order valence-corrected chi connectivity index (χ4v) is 1.11. The molecule has 0 aliphatic rings. The summed E-state index contributed by atoms with van der Waals surface area (Å²) in [5, 5.41) is 0.875. The molecule has 13 heavy (non-hydrogen) atoms. The maximum absolute atomic E-state index is 10.4. The Bertz CT molecular complexity index is 467. The summed E-state index contributed by atoms with van der Waals surface area (Å²) < 4.78 is 0. The molecule has 0 unspecified atom stereocenters. The first kappa shape index (κ1) is 7.67. The molecule has 0 saturated carbocycles. The molecule has 0 aromatic carbocycles. The van der Waals surface area contributed by atoms with Crippen molar-refractivity contribution in [3.05, 3.63) is 30.1 Å². The zero-order chi connectivity index (χ0) is 9.26. The van der Waals surface area contributed by atoms with Gasteiger partial charge in [-0.1, -0.05) is 0 Å². The van der Waals surface area contributed by atoms with E-state index in [1.54, 1.807) is 24.4 Å². The fourth-order valence-electron chi connectivity index (χ4n) is 1.11. The van der Waals surface area contributed by atoms with Crippen LogP contribution in [0.1, 0.15) is 10.5 Å². The van der Waals surface area contributed by atoms with Crippen molar-refractivity contribution in [3.8, 4) is 0 Å². The van der Waals surface area contributed by atoms with E-state index in [-0.39, 0.29) is 0 Å². The molecule has 4 nitrogen and oxygen atoms in total. The average molecular weight is 173 g/mol. The zero-order valence-corrected chi connectivity index (χ0v) is 6.77. The predicted octanol–water partition coefficient (Wildman–Crippen LogP) is 1.02. The fraction of sp³-hybridized carbons (Fsp3) is 0. The predicted molar refractivity (Wildman–Crippen MR) is 49.3 cm³/mol. The van der Waals surface area contributed by atoms with Crippen LogP contribution >= 0.6 is 0 Å². The minimum atomic E-state index is 0.401. The molecular formula is C9H7N3O. The Morgan fingerprint density at radius 1 is 1.38 bits per heavy atom. The number of nitrogens with two attached hydrogens (primary N) is 1. The third-order valence-corrected chi connectivity index (χ3v) is 1.74. The zero-order valence-electron chi connectivity index (χ0n) is 6.77. The lowest BCUT2D eigenvalue weighted by molar-refractivity contribution is 0.111. The van der Waals surface area contributed by atoms with Crippen LogP contribution in [0.5, 0.6) is 0 Å². The third kappa shape index (κ3) is 1.33. The lowest BCUT2D eigenvalue weighted by Crippen LogP contribution is -1.92. The van der Waals surface area contributed by atoms with Crippen molar-refractivity contribution in [2.45, 2.75) is 0 Å². The molecule has 2 rings (SSSR count). The van der Waals surface area contributed by atoms with Crippen LogP contribution in [-0.2, 0) is 0 Å². The van der Waals surface area contributed by atoms with E-state index >= 15 is 0 Å². The third-order valence-electron chi connectivity index (χ3n) is 1.74. The lowest BCUT2D eigenvalue weighted by Gasteiger charge is -1.97. The van der Waals surface area contributed by atoms with E-state index in [2.05, 4.69) is 9.97 Å². The lowest BCUT2D eigenvalue weighted by atomic mass is 10.2. The number of anilines is 1. The van der Waals surface area contributed by atoms with Crippen molar-refractivity contribution >= 4 is 23.0 Å². The summed E-state index contributed by atoms with van der Waals surface area (Å²) in [5.74, 6) is 0.406. The van der Waals surface area contributed by atoms with E-state index in [1.807, 2.05) is 0 Å². The molecule has 0 spiro atoms. The van der Waals surface area contributed by atoms with Gasteiger partial charge in [0.15, 0.2) is 6.29 Å². The van der Waals surface area contributed by atoms with Crippen LogP contribution < -0.4 is 5.73 Å². The summed E-state index contributed by atoms with van der Waals surface area (Å²) in [5.41, 5.74) is 6.57. The second kappa shape index (κ2) is 2.82. The molecule has 0 saturated heterocycles. The van der Waals surface area contributed by atoms with Crippen molar-refractivity contribution in [1.82, 2.24) is 9.97 Å². The van der Waals surface area contributed by atoms with Crippen LogP contribution in [-0.4, -0.2) is 16.3 Å². The summed E-state index contributed by atoms with van der Waals surface area (Å²) in [6.45, 7) is 0. The molecule has 2 aromatic heterocycles. The average Bonchev–Trinajstić information content (AvgIpc) is 2.16. The molecule has 2 heterocycles. The SMILES string of the molecule is Nc1cc2nc(C=O)ccc2cn1. The topological polar surface area (TPSA) is 68.9 Å². The second-order valence-corrected chi connectivity index (χ2v) is 2.66. The molecule has 0 aliphatic heterocycles. The van der Waals surface area contributed by atoms with Crippen LogP contribution in [0.2, 0.25) is 0 Å². The standard InChI is InChI=1S/C9H7N3O/c10-9-3-8-6(4-11-9)1-2-7(5-13)12-8/h1-5H,(H2,10,11). The molecule has 0 fully saturated rings. The van der Waals surface area contributed by atoms with E-state index in [9.17, 15) is 4.79 Å². The van der Waals surface area contributed by atoms with E-state index in [1.165, 1.54) is 0 Å². The van der Waals surface area contributed by atoms with Gasteiger partial charge >= 0.3 is 0 Å². The van der Waals surface area contributed by atoms with Gasteiger partial charge in [0, 0.05) is 17.6 Å².